The van der Waals surface area contributed by atoms with Gasteiger partial charge in [0.1, 0.15) is 23.3 Å². The van der Waals surface area contributed by atoms with E-state index in [9.17, 15) is 4.79 Å². The topological polar surface area (TPSA) is 60.5 Å². The van der Waals surface area contributed by atoms with Crippen molar-refractivity contribution in [2.24, 2.45) is 0 Å². The Morgan fingerprint density at radius 3 is 2.29 bits per heavy atom. The molecule has 1 amide bonds. The summed E-state index contributed by atoms with van der Waals surface area (Å²) in [7, 11) is 3.27. The summed E-state index contributed by atoms with van der Waals surface area (Å²) in [6.45, 7) is 9.35. The van der Waals surface area contributed by atoms with Crippen molar-refractivity contribution >= 4 is 5.91 Å². The molecule has 4 rings (SSSR count). The van der Waals surface area contributed by atoms with Crippen molar-refractivity contribution < 1.29 is 23.7 Å². The third-order valence-electron chi connectivity index (χ3n) is 6.69. The summed E-state index contributed by atoms with van der Waals surface area (Å²) >= 11 is 0. The number of aryl methyl sites for hydroxylation is 2. The van der Waals surface area contributed by atoms with Gasteiger partial charge in [-0.05, 0) is 68.1 Å². The molecular weight excluding hydrogens is 432 g/mol. The summed E-state index contributed by atoms with van der Waals surface area (Å²) in [5, 5.41) is 0. The lowest BCUT2D eigenvalue weighted by molar-refractivity contribution is -0.164. The van der Waals surface area contributed by atoms with Gasteiger partial charge in [-0.3, -0.25) is 9.69 Å². The van der Waals surface area contributed by atoms with Crippen LogP contribution in [-0.2, 0) is 9.53 Å². The van der Waals surface area contributed by atoms with E-state index in [1.165, 1.54) is 0 Å². The molecule has 184 valence electrons. The Labute approximate surface area is 202 Å². The van der Waals surface area contributed by atoms with E-state index in [4.69, 9.17) is 18.9 Å². The van der Waals surface area contributed by atoms with E-state index in [-0.39, 0.29) is 11.9 Å². The lowest BCUT2D eigenvalue weighted by atomic mass is 9.89. The van der Waals surface area contributed by atoms with Crippen LogP contribution in [-0.4, -0.2) is 75.4 Å². The molecule has 34 heavy (non-hydrogen) atoms. The van der Waals surface area contributed by atoms with Crippen molar-refractivity contribution in [1.82, 2.24) is 9.80 Å². The molecule has 0 N–H and O–H groups in total. The van der Waals surface area contributed by atoms with Crippen molar-refractivity contribution in [1.29, 1.82) is 0 Å². The molecule has 0 bridgehead atoms. The first-order valence-corrected chi connectivity index (χ1v) is 12.1. The number of benzene rings is 2. The Morgan fingerprint density at radius 2 is 1.62 bits per heavy atom. The van der Waals surface area contributed by atoms with Crippen molar-refractivity contribution in [2.45, 2.75) is 38.8 Å². The lowest BCUT2D eigenvalue weighted by Crippen LogP contribution is -2.61. The van der Waals surface area contributed by atoms with E-state index in [0.29, 0.717) is 18.0 Å². The highest BCUT2D eigenvalue weighted by Crippen LogP contribution is 2.41. The van der Waals surface area contributed by atoms with Crippen LogP contribution in [0.15, 0.2) is 36.4 Å². The van der Waals surface area contributed by atoms with E-state index < -0.39 is 6.10 Å². The van der Waals surface area contributed by atoms with Gasteiger partial charge in [-0.1, -0.05) is 12.1 Å². The molecule has 0 aromatic heterocycles. The standard InChI is InChI=1S/C27H36N2O5/c1-19-7-8-20(2)24(15-19)34-26-25(21-16-22(31-3)18-23(17-21)32-4)29(27(26)30)10-6-5-9-28-11-13-33-14-12-28/h7-8,15-18,25-26H,5-6,9-14H2,1-4H3/t25-,26-/m1/s1. The Hall–Kier alpha value is -2.77. The van der Waals surface area contributed by atoms with Gasteiger partial charge in [0.15, 0.2) is 0 Å². The number of nitrogens with zero attached hydrogens (tertiary/aromatic N) is 2. The summed E-state index contributed by atoms with van der Waals surface area (Å²) < 4.78 is 22.7. The first kappa shape index (κ1) is 24.4. The minimum Gasteiger partial charge on any atom is -0.497 e. The minimum atomic E-state index is -0.573. The molecule has 2 aromatic rings. The maximum Gasteiger partial charge on any atom is 0.266 e. The Bertz CT molecular complexity index is 967. The van der Waals surface area contributed by atoms with E-state index in [2.05, 4.69) is 11.0 Å². The molecule has 0 aliphatic carbocycles. The number of amides is 1. The van der Waals surface area contributed by atoms with E-state index in [1.54, 1.807) is 14.2 Å². The van der Waals surface area contributed by atoms with Gasteiger partial charge in [0.05, 0.1) is 27.4 Å². The third-order valence-corrected chi connectivity index (χ3v) is 6.69. The highest BCUT2D eigenvalue weighted by Gasteiger charge is 2.50. The smallest absolute Gasteiger partial charge is 0.266 e. The molecule has 2 aromatic carbocycles. The van der Waals surface area contributed by atoms with Crippen LogP contribution in [0.3, 0.4) is 0 Å². The second-order valence-corrected chi connectivity index (χ2v) is 9.09. The van der Waals surface area contributed by atoms with Crippen LogP contribution in [0.25, 0.3) is 0 Å². The third kappa shape index (κ3) is 5.47. The van der Waals surface area contributed by atoms with E-state index in [0.717, 1.165) is 68.1 Å². The van der Waals surface area contributed by atoms with Crippen LogP contribution in [0.1, 0.15) is 35.6 Å². The summed E-state index contributed by atoms with van der Waals surface area (Å²) in [6, 6.07) is 11.7. The average Bonchev–Trinajstić information content (AvgIpc) is 2.86. The fourth-order valence-corrected chi connectivity index (χ4v) is 4.65. The number of ether oxygens (including phenoxy) is 4. The first-order chi connectivity index (χ1) is 16.5. The zero-order chi connectivity index (χ0) is 24.1. The number of β-lactam (4-membered cyclic amide) rings is 1. The predicted octanol–water partition coefficient (Wildman–Crippen LogP) is 3.76. The number of unbranched alkanes of at least 4 members (excludes halogenated alkanes) is 1. The van der Waals surface area contributed by atoms with Gasteiger partial charge in [-0.2, -0.15) is 0 Å². The van der Waals surface area contributed by atoms with Gasteiger partial charge < -0.3 is 23.8 Å². The zero-order valence-electron chi connectivity index (χ0n) is 20.7. The summed E-state index contributed by atoms with van der Waals surface area (Å²) in [5.41, 5.74) is 3.08. The molecule has 2 saturated heterocycles. The first-order valence-electron chi connectivity index (χ1n) is 12.1. The van der Waals surface area contributed by atoms with Gasteiger partial charge in [0.25, 0.3) is 5.91 Å². The van der Waals surface area contributed by atoms with Crippen molar-refractivity contribution in [3.63, 3.8) is 0 Å². The molecule has 2 atom stereocenters. The number of likely N-dealkylation sites (tertiary alicyclic amines) is 1. The normalized spacial score (nSPS) is 20.7. The number of carbonyl (C=O) groups is 1. The highest BCUT2D eigenvalue weighted by molar-refractivity contribution is 5.89. The Kier molecular flexibility index (Phi) is 7.95. The second-order valence-electron chi connectivity index (χ2n) is 9.09. The number of rotatable bonds is 10. The number of carbonyl (C=O) groups excluding carboxylic acids is 1. The molecule has 0 unspecified atom stereocenters. The largest absolute Gasteiger partial charge is 0.497 e. The van der Waals surface area contributed by atoms with Crippen molar-refractivity contribution in [3.8, 4) is 17.2 Å². The van der Waals surface area contributed by atoms with E-state index >= 15 is 0 Å². The number of methoxy groups -OCH3 is 2. The Balaban J connectivity index is 1.50. The van der Waals surface area contributed by atoms with Crippen LogP contribution in [0.2, 0.25) is 0 Å². The van der Waals surface area contributed by atoms with Gasteiger partial charge in [0.2, 0.25) is 6.10 Å². The molecule has 2 fully saturated rings. The number of morpholine rings is 1. The Morgan fingerprint density at radius 1 is 0.941 bits per heavy atom. The van der Waals surface area contributed by atoms with Gasteiger partial charge in [-0.15, -0.1) is 0 Å². The fourth-order valence-electron chi connectivity index (χ4n) is 4.65. The monoisotopic (exact) mass is 468 g/mol. The second kappa shape index (κ2) is 11.1. The molecular formula is C27H36N2O5. The maximum absolute atomic E-state index is 13.3. The van der Waals surface area contributed by atoms with Gasteiger partial charge in [-0.25, -0.2) is 0 Å². The SMILES string of the molecule is COc1cc(OC)cc([C@@H]2[C@@H](Oc3cc(C)ccc3C)C(=O)N2CCCCN2CCOCC2)c1. The molecule has 2 heterocycles. The van der Waals surface area contributed by atoms with Gasteiger partial charge in [0, 0.05) is 25.7 Å². The molecule has 2 aliphatic rings. The van der Waals surface area contributed by atoms with Crippen LogP contribution >= 0.6 is 0 Å². The highest BCUT2D eigenvalue weighted by atomic mass is 16.5. The molecule has 0 spiro atoms. The van der Waals surface area contributed by atoms with Gasteiger partial charge >= 0.3 is 0 Å². The summed E-state index contributed by atoms with van der Waals surface area (Å²) in [4.78, 5) is 17.6. The fraction of sp³-hybridized carbons (Fsp3) is 0.519. The molecule has 0 saturated carbocycles. The summed E-state index contributed by atoms with van der Waals surface area (Å²) in [5.74, 6) is 2.18. The van der Waals surface area contributed by atoms with Crippen LogP contribution in [0, 0.1) is 13.8 Å². The molecule has 2 aliphatic heterocycles. The predicted molar refractivity (Wildman–Crippen MR) is 131 cm³/mol. The lowest BCUT2D eigenvalue weighted by Gasteiger charge is -2.47. The maximum atomic E-state index is 13.3. The summed E-state index contributed by atoms with van der Waals surface area (Å²) in [6.07, 6.45) is 1.41. The zero-order valence-corrected chi connectivity index (χ0v) is 20.7. The minimum absolute atomic E-state index is 0.0269. The molecule has 7 nitrogen and oxygen atoms in total. The number of hydrogen-bond acceptors (Lipinski definition) is 6. The van der Waals surface area contributed by atoms with Crippen LogP contribution < -0.4 is 14.2 Å². The van der Waals surface area contributed by atoms with E-state index in [1.807, 2.05) is 49.1 Å². The molecule has 0 radical (unpaired) electrons. The van der Waals surface area contributed by atoms with Crippen LogP contribution in [0.4, 0.5) is 0 Å². The van der Waals surface area contributed by atoms with Crippen molar-refractivity contribution in [2.75, 3.05) is 53.6 Å². The molecule has 7 heteroatoms. The quantitative estimate of drug-likeness (QED) is 0.391. The van der Waals surface area contributed by atoms with Crippen molar-refractivity contribution in [3.05, 3.63) is 53.1 Å². The van der Waals surface area contributed by atoms with Crippen LogP contribution in [0.5, 0.6) is 17.2 Å². The average molecular weight is 469 g/mol. The number of hydrogen-bond donors (Lipinski definition) is 0.